The smallest absolute Gasteiger partial charge is 0.319 e. The van der Waals surface area contributed by atoms with Crippen molar-refractivity contribution in [1.82, 2.24) is 10.2 Å². The summed E-state index contributed by atoms with van der Waals surface area (Å²) >= 11 is 0. The van der Waals surface area contributed by atoms with Crippen LogP contribution in [-0.4, -0.2) is 47.2 Å². The van der Waals surface area contributed by atoms with Crippen molar-refractivity contribution >= 4 is 17.7 Å². The van der Waals surface area contributed by atoms with Crippen molar-refractivity contribution in [2.45, 2.75) is 37.8 Å². The fourth-order valence-electron chi connectivity index (χ4n) is 3.13. The van der Waals surface area contributed by atoms with E-state index in [1.807, 2.05) is 4.90 Å². The largest absolute Gasteiger partial charge is 0.480 e. The first-order valence-corrected chi connectivity index (χ1v) is 8.38. The number of nitrogens with zero attached hydrogens (tertiary/aromatic N) is 1. The lowest BCUT2D eigenvalue weighted by Gasteiger charge is -2.42. The number of hydrogen-bond donors (Lipinski definition) is 3. The third kappa shape index (κ3) is 5.12. The van der Waals surface area contributed by atoms with Crippen molar-refractivity contribution in [3.63, 3.8) is 0 Å². The predicted octanol–water partition coefficient (Wildman–Crippen LogP) is 2.41. The monoisotopic (exact) mass is 353 g/mol. The summed E-state index contributed by atoms with van der Waals surface area (Å²) in [4.78, 5) is 24.9. The molecule has 6 nitrogen and oxygen atoms in total. The number of halogens is 2. The Morgan fingerprint density at radius 1 is 1.16 bits per heavy atom. The predicted molar refractivity (Wildman–Crippen MR) is 87.3 cm³/mol. The van der Waals surface area contributed by atoms with Gasteiger partial charge in [0.15, 0.2) is 0 Å². The van der Waals surface area contributed by atoms with Gasteiger partial charge in [-0.1, -0.05) is 0 Å². The first kappa shape index (κ1) is 17.6. The van der Waals surface area contributed by atoms with E-state index in [-0.39, 0.29) is 24.3 Å². The summed E-state index contributed by atoms with van der Waals surface area (Å²) in [5.74, 6) is -1.77. The van der Waals surface area contributed by atoms with Crippen LogP contribution in [-0.2, 0) is 4.79 Å². The molecule has 2 saturated carbocycles. The molecule has 2 amide bonds. The minimum absolute atomic E-state index is 0.0165. The molecule has 136 valence electrons. The molecule has 2 aliphatic rings. The van der Waals surface area contributed by atoms with Gasteiger partial charge in [0.1, 0.15) is 11.6 Å². The Hall–Kier alpha value is -2.22. The van der Waals surface area contributed by atoms with Gasteiger partial charge in [-0.15, -0.1) is 0 Å². The number of hydrogen-bond acceptors (Lipinski definition) is 3. The lowest BCUT2D eigenvalue weighted by atomic mass is 9.85. The van der Waals surface area contributed by atoms with Crippen LogP contribution in [0.25, 0.3) is 0 Å². The van der Waals surface area contributed by atoms with E-state index in [9.17, 15) is 18.4 Å². The van der Waals surface area contributed by atoms with Gasteiger partial charge in [0.25, 0.3) is 0 Å². The van der Waals surface area contributed by atoms with Crippen molar-refractivity contribution < 1.29 is 23.5 Å². The highest BCUT2D eigenvalue weighted by atomic mass is 19.1. The van der Waals surface area contributed by atoms with Crippen molar-refractivity contribution in [3.05, 3.63) is 29.8 Å². The summed E-state index contributed by atoms with van der Waals surface area (Å²) in [6.45, 7) is 0.807. The van der Waals surface area contributed by atoms with Gasteiger partial charge >= 0.3 is 12.0 Å². The number of carbonyl (C=O) groups excluding carboxylic acids is 1. The van der Waals surface area contributed by atoms with Gasteiger partial charge in [-0.05, 0) is 43.7 Å². The first-order valence-electron chi connectivity index (χ1n) is 8.38. The molecule has 2 fully saturated rings. The van der Waals surface area contributed by atoms with E-state index in [2.05, 4.69) is 10.6 Å². The maximum atomic E-state index is 13.1. The zero-order valence-corrected chi connectivity index (χ0v) is 13.7. The second-order valence-corrected chi connectivity index (χ2v) is 6.85. The van der Waals surface area contributed by atoms with Crippen LogP contribution in [0.3, 0.4) is 0 Å². The third-order valence-electron chi connectivity index (χ3n) is 4.61. The van der Waals surface area contributed by atoms with Crippen LogP contribution in [0.1, 0.15) is 25.7 Å². The van der Waals surface area contributed by atoms with E-state index in [0.29, 0.717) is 18.8 Å². The number of urea groups is 1. The van der Waals surface area contributed by atoms with Crippen LogP contribution in [0, 0.1) is 17.6 Å². The first-order chi connectivity index (χ1) is 11.9. The Labute approximate surface area is 144 Å². The van der Waals surface area contributed by atoms with Crippen LogP contribution in [0.4, 0.5) is 19.3 Å². The number of amides is 2. The maximum absolute atomic E-state index is 13.1. The van der Waals surface area contributed by atoms with Crippen LogP contribution in [0.15, 0.2) is 18.2 Å². The van der Waals surface area contributed by atoms with Gasteiger partial charge < -0.3 is 15.7 Å². The molecule has 1 aromatic carbocycles. The molecule has 1 aromatic rings. The minimum atomic E-state index is -0.845. The molecule has 25 heavy (non-hydrogen) atoms. The quantitative estimate of drug-likeness (QED) is 0.703. The molecule has 8 heteroatoms. The topological polar surface area (TPSA) is 81.7 Å². The summed E-state index contributed by atoms with van der Waals surface area (Å²) in [6, 6.07) is 2.36. The Balaban J connectivity index is 1.45. The van der Waals surface area contributed by atoms with E-state index in [0.717, 1.165) is 37.6 Å². The van der Waals surface area contributed by atoms with Crippen molar-refractivity contribution in [3.8, 4) is 0 Å². The second kappa shape index (κ2) is 7.35. The van der Waals surface area contributed by atoms with E-state index in [1.165, 1.54) is 0 Å². The fraction of sp³-hybridized carbons (Fsp3) is 0.529. The number of nitrogens with one attached hydrogen (secondary N) is 2. The van der Waals surface area contributed by atoms with E-state index < -0.39 is 23.6 Å². The molecule has 3 N–H and O–H groups in total. The molecule has 0 radical (unpaired) electrons. The average molecular weight is 353 g/mol. The van der Waals surface area contributed by atoms with Gasteiger partial charge in [-0.2, -0.15) is 0 Å². The number of carbonyl (C=O) groups is 2. The fourth-order valence-corrected chi connectivity index (χ4v) is 3.13. The molecule has 0 unspecified atom stereocenters. The van der Waals surface area contributed by atoms with Gasteiger partial charge in [0.05, 0.1) is 6.54 Å². The second-order valence-electron chi connectivity index (χ2n) is 6.85. The molecule has 0 saturated heterocycles. The molecule has 3 rings (SSSR count). The van der Waals surface area contributed by atoms with Crippen LogP contribution in [0.2, 0.25) is 0 Å². The average Bonchev–Trinajstić information content (AvgIpc) is 3.24. The van der Waals surface area contributed by atoms with Gasteiger partial charge in [0, 0.05) is 30.4 Å². The third-order valence-corrected chi connectivity index (χ3v) is 4.61. The Morgan fingerprint density at radius 2 is 1.80 bits per heavy atom. The van der Waals surface area contributed by atoms with Crippen LogP contribution in [0.5, 0.6) is 0 Å². The summed E-state index contributed by atoms with van der Waals surface area (Å²) in [7, 11) is 0. The zero-order chi connectivity index (χ0) is 18.0. The molecule has 0 aliphatic heterocycles. The van der Waals surface area contributed by atoms with Crippen molar-refractivity contribution in [1.29, 1.82) is 0 Å². The molecule has 0 bridgehead atoms. The standard InChI is InChI=1S/C17H21F2N3O3/c18-11-3-12(19)5-13(4-11)20-17(25)21-14-6-15(7-14)22(9-16(23)24)8-10-1-2-10/h3-5,10,14-15H,1-2,6-9H2,(H,23,24)(H2,20,21,25). The van der Waals surface area contributed by atoms with Gasteiger partial charge in [-0.25, -0.2) is 13.6 Å². The molecule has 0 atom stereocenters. The van der Waals surface area contributed by atoms with E-state index in [4.69, 9.17) is 5.11 Å². The molecule has 2 aliphatic carbocycles. The molecule has 0 heterocycles. The van der Waals surface area contributed by atoms with Gasteiger partial charge in [0.2, 0.25) is 0 Å². The Bertz CT molecular complexity index is 640. The lowest BCUT2D eigenvalue weighted by Crippen LogP contribution is -2.55. The SMILES string of the molecule is O=C(O)CN(CC1CC1)C1CC(NC(=O)Nc2cc(F)cc(F)c2)C1. The highest BCUT2D eigenvalue weighted by molar-refractivity contribution is 5.89. The minimum Gasteiger partial charge on any atom is -0.480 e. The normalized spacial score (nSPS) is 22.4. The molecular formula is C17H21F2N3O3. The number of aliphatic carboxylic acids is 1. The van der Waals surface area contributed by atoms with E-state index in [1.54, 1.807) is 0 Å². The molecule has 0 aromatic heterocycles. The van der Waals surface area contributed by atoms with Gasteiger partial charge in [-0.3, -0.25) is 9.69 Å². The molecule has 0 spiro atoms. The number of carboxylic acids is 1. The Morgan fingerprint density at radius 3 is 2.36 bits per heavy atom. The number of carboxylic acid groups (broad SMARTS) is 1. The summed E-state index contributed by atoms with van der Waals surface area (Å²) in [5, 5.41) is 14.2. The number of rotatable bonds is 7. The maximum Gasteiger partial charge on any atom is 0.319 e. The summed E-state index contributed by atoms with van der Waals surface area (Å²) < 4.78 is 26.2. The highest BCUT2D eigenvalue weighted by Gasteiger charge is 2.37. The molecular weight excluding hydrogens is 332 g/mol. The lowest BCUT2D eigenvalue weighted by molar-refractivity contribution is -0.139. The summed E-state index contributed by atoms with van der Waals surface area (Å²) in [6.07, 6.45) is 3.64. The Kier molecular flexibility index (Phi) is 5.17. The van der Waals surface area contributed by atoms with E-state index >= 15 is 0 Å². The highest BCUT2D eigenvalue weighted by Crippen LogP contribution is 2.33. The zero-order valence-electron chi connectivity index (χ0n) is 13.7. The van der Waals surface area contributed by atoms with Crippen LogP contribution < -0.4 is 10.6 Å². The van der Waals surface area contributed by atoms with Crippen molar-refractivity contribution in [2.24, 2.45) is 5.92 Å². The number of benzene rings is 1. The summed E-state index contributed by atoms with van der Waals surface area (Å²) in [5.41, 5.74) is 0.0483. The number of anilines is 1. The van der Waals surface area contributed by atoms with Crippen molar-refractivity contribution in [2.75, 3.05) is 18.4 Å². The van der Waals surface area contributed by atoms with Crippen LogP contribution >= 0.6 is 0 Å².